The molecule has 0 aliphatic rings. The Hall–Kier alpha value is -3.13. The predicted molar refractivity (Wildman–Crippen MR) is 99.2 cm³/mol. The first kappa shape index (κ1) is 17.7. The van der Waals surface area contributed by atoms with Crippen LogP contribution in [0.1, 0.15) is 16.1 Å². The minimum Gasteiger partial charge on any atom is -0.300 e. The van der Waals surface area contributed by atoms with E-state index in [2.05, 4.69) is 27.6 Å². The van der Waals surface area contributed by atoms with Crippen molar-refractivity contribution in [1.82, 2.24) is 10.2 Å². The Morgan fingerprint density at radius 2 is 1.73 bits per heavy atom. The number of non-ortho nitro benzene ring substituents is 1. The molecule has 1 N–H and O–H groups in total. The lowest BCUT2D eigenvalue weighted by Gasteiger charge is -2.01. The van der Waals surface area contributed by atoms with Gasteiger partial charge in [0.2, 0.25) is 11.0 Å². The largest absolute Gasteiger partial charge is 0.300 e. The van der Waals surface area contributed by atoms with E-state index < -0.39 is 4.92 Å². The van der Waals surface area contributed by atoms with Crippen molar-refractivity contribution in [3.8, 4) is 0 Å². The van der Waals surface area contributed by atoms with E-state index in [1.807, 2.05) is 18.2 Å². The standard InChI is InChI=1S/C18H16N4O3S/c23-16(12-14-6-9-15(10-7-14)22(24)25)19-18-21-20-17(26-18)11-8-13-4-2-1-3-5-13/h1-7,9-10H,8,11-12H2,(H,19,21,23). The molecule has 2 aromatic carbocycles. The molecule has 0 saturated carbocycles. The van der Waals surface area contributed by atoms with Crippen molar-refractivity contribution in [3.63, 3.8) is 0 Å². The number of amides is 1. The van der Waals surface area contributed by atoms with Crippen molar-refractivity contribution < 1.29 is 9.72 Å². The van der Waals surface area contributed by atoms with Crippen molar-refractivity contribution in [1.29, 1.82) is 0 Å². The van der Waals surface area contributed by atoms with Gasteiger partial charge >= 0.3 is 0 Å². The number of aryl methyl sites for hydroxylation is 2. The van der Waals surface area contributed by atoms with Crippen LogP contribution < -0.4 is 5.32 Å². The summed E-state index contributed by atoms with van der Waals surface area (Å²) < 4.78 is 0. The first-order valence-corrected chi connectivity index (χ1v) is 8.81. The van der Waals surface area contributed by atoms with Gasteiger partial charge in [0.15, 0.2) is 0 Å². The van der Waals surface area contributed by atoms with E-state index in [9.17, 15) is 14.9 Å². The number of rotatable bonds is 7. The number of nitro benzene ring substituents is 1. The fraction of sp³-hybridized carbons (Fsp3) is 0.167. The lowest BCUT2D eigenvalue weighted by atomic mass is 10.1. The Labute approximate surface area is 153 Å². The Morgan fingerprint density at radius 1 is 1.00 bits per heavy atom. The fourth-order valence-electron chi connectivity index (χ4n) is 2.39. The molecule has 26 heavy (non-hydrogen) atoms. The number of nitro groups is 1. The number of hydrogen-bond donors (Lipinski definition) is 1. The number of aromatic nitrogens is 2. The zero-order chi connectivity index (χ0) is 18.4. The van der Waals surface area contributed by atoms with Gasteiger partial charge in [-0.2, -0.15) is 0 Å². The third kappa shape index (κ3) is 4.93. The maximum absolute atomic E-state index is 12.1. The second-order valence-electron chi connectivity index (χ2n) is 5.64. The normalized spacial score (nSPS) is 10.5. The monoisotopic (exact) mass is 368 g/mol. The van der Waals surface area contributed by atoms with Gasteiger partial charge in [-0.1, -0.05) is 53.8 Å². The quantitative estimate of drug-likeness (QED) is 0.509. The van der Waals surface area contributed by atoms with Crippen molar-refractivity contribution in [2.45, 2.75) is 19.3 Å². The summed E-state index contributed by atoms with van der Waals surface area (Å²) in [6.45, 7) is 0. The van der Waals surface area contributed by atoms with Gasteiger partial charge < -0.3 is 5.32 Å². The van der Waals surface area contributed by atoms with Gasteiger partial charge in [0.05, 0.1) is 11.3 Å². The third-order valence-electron chi connectivity index (χ3n) is 3.70. The molecule has 0 aliphatic heterocycles. The zero-order valence-corrected chi connectivity index (χ0v) is 14.6. The summed E-state index contributed by atoms with van der Waals surface area (Å²) in [7, 11) is 0. The van der Waals surface area contributed by atoms with E-state index in [0.717, 1.165) is 17.8 Å². The summed E-state index contributed by atoms with van der Waals surface area (Å²) in [5.41, 5.74) is 1.93. The summed E-state index contributed by atoms with van der Waals surface area (Å²) in [6.07, 6.45) is 1.75. The highest BCUT2D eigenvalue weighted by atomic mass is 32.1. The first-order chi connectivity index (χ1) is 12.6. The molecule has 132 valence electrons. The van der Waals surface area contributed by atoms with Crippen LogP contribution in [0.2, 0.25) is 0 Å². The second kappa shape index (κ2) is 8.30. The summed E-state index contributed by atoms with van der Waals surface area (Å²) in [5, 5.41) is 22.8. The van der Waals surface area contributed by atoms with Crippen molar-refractivity contribution >= 4 is 28.1 Å². The number of carbonyl (C=O) groups is 1. The Morgan fingerprint density at radius 3 is 2.42 bits per heavy atom. The number of nitrogens with zero attached hydrogens (tertiary/aromatic N) is 3. The van der Waals surface area contributed by atoms with Crippen molar-refractivity contribution in [3.05, 3.63) is 80.8 Å². The maximum atomic E-state index is 12.1. The average molecular weight is 368 g/mol. The molecular formula is C18H16N4O3S. The highest BCUT2D eigenvalue weighted by molar-refractivity contribution is 7.15. The van der Waals surface area contributed by atoms with E-state index in [1.165, 1.54) is 29.0 Å². The third-order valence-corrected chi connectivity index (χ3v) is 4.59. The topological polar surface area (TPSA) is 98.0 Å². The highest BCUT2D eigenvalue weighted by Crippen LogP contribution is 2.18. The van der Waals surface area contributed by atoms with Crippen LogP contribution in [0.4, 0.5) is 10.8 Å². The molecule has 1 heterocycles. The van der Waals surface area contributed by atoms with E-state index >= 15 is 0 Å². The molecule has 0 saturated heterocycles. The minimum atomic E-state index is -0.470. The molecule has 8 heteroatoms. The Balaban J connectivity index is 1.51. The SMILES string of the molecule is O=C(Cc1ccc([N+](=O)[O-])cc1)Nc1nnc(CCc2ccccc2)s1. The number of hydrogen-bond acceptors (Lipinski definition) is 6. The van der Waals surface area contributed by atoms with Crippen LogP contribution in [0.25, 0.3) is 0 Å². The number of anilines is 1. The Bertz CT molecular complexity index is 894. The van der Waals surface area contributed by atoms with Crippen molar-refractivity contribution in [2.24, 2.45) is 0 Å². The van der Waals surface area contributed by atoms with Gasteiger partial charge in [-0.3, -0.25) is 14.9 Å². The van der Waals surface area contributed by atoms with Crippen molar-refractivity contribution in [2.75, 3.05) is 5.32 Å². The van der Waals surface area contributed by atoms with E-state index in [-0.39, 0.29) is 18.0 Å². The first-order valence-electron chi connectivity index (χ1n) is 7.99. The molecule has 0 atom stereocenters. The number of carbonyl (C=O) groups excluding carboxylic acids is 1. The van der Waals surface area contributed by atoms with Crippen LogP contribution in [0.15, 0.2) is 54.6 Å². The van der Waals surface area contributed by atoms with Crippen LogP contribution in [0, 0.1) is 10.1 Å². The molecule has 3 rings (SSSR count). The van der Waals surface area contributed by atoms with Gasteiger partial charge in [0.25, 0.3) is 5.69 Å². The minimum absolute atomic E-state index is 0.00124. The summed E-state index contributed by atoms with van der Waals surface area (Å²) in [4.78, 5) is 22.2. The van der Waals surface area contributed by atoms with E-state index in [0.29, 0.717) is 10.7 Å². The smallest absolute Gasteiger partial charge is 0.269 e. The van der Waals surface area contributed by atoms with Crippen LogP contribution in [0.5, 0.6) is 0 Å². The van der Waals surface area contributed by atoms with Gasteiger partial charge in [-0.15, -0.1) is 10.2 Å². The fourth-order valence-corrected chi connectivity index (χ4v) is 3.14. The molecule has 1 amide bonds. The van der Waals surface area contributed by atoms with Gasteiger partial charge in [-0.05, 0) is 17.5 Å². The summed E-state index contributed by atoms with van der Waals surface area (Å²) in [6, 6.07) is 16.0. The van der Waals surface area contributed by atoms with Crippen LogP contribution >= 0.6 is 11.3 Å². The molecule has 0 radical (unpaired) electrons. The van der Waals surface area contributed by atoms with Crippen LogP contribution in [-0.2, 0) is 24.1 Å². The molecule has 3 aromatic rings. The lowest BCUT2D eigenvalue weighted by Crippen LogP contribution is -2.14. The molecule has 0 unspecified atom stereocenters. The molecule has 0 spiro atoms. The van der Waals surface area contributed by atoms with Gasteiger partial charge in [0.1, 0.15) is 5.01 Å². The summed E-state index contributed by atoms with van der Waals surface area (Å²) >= 11 is 1.35. The Kier molecular flexibility index (Phi) is 5.65. The summed E-state index contributed by atoms with van der Waals surface area (Å²) in [5.74, 6) is -0.232. The van der Waals surface area contributed by atoms with Gasteiger partial charge in [0, 0.05) is 18.6 Å². The van der Waals surface area contributed by atoms with E-state index in [1.54, 1.807) is 12.1 Å². The molecule has 7 nitrogen and oxygen atoms in total. The predicted octanol–water partition coefficient (Wildman–Crippen LogP) is 3.41. The number of nitrogens with one attached hydrogen (secondary N) is 1. The van der Waals surface area contributed by atoms with Gasteiger partial charge in [-0.25, -0.2) is 0 Å². The molecule has 0 bridgehead atoms. The number of benzene rings is 2. The van der Waals surface area contributed by atoms with Crippen LogP contribution in [-0.4, -0.2) is 21.0 Å². The molecular weight excluding hydrogens is 352 g/mol. The molecule has 0 fully saturated rings. The van der Waals surface area contributed by atoms with E-state index in [4.69, 9.17) is 0 Å². The second-order valence-corrected chi connectivity index (χ2v) is 6.70. The average Bonchev–Trinajstić information content (AvgIpc) is 3.08. The maximum Gasteiger partial charge on any atom is 0.269 e. The molecule has 0 aliphatic carbocycles. The lowest BCUT2D eigenvalue weighted by molar-refractivity contribution is -0.384. The highest BCUT2D eigenvalue weighted by Gasteiger charge is 2.10. The molecule has 1 aromatic heterocycles. The van der Waals surface area contributed by atoms with Crippen LogP contribution in [0.3, 0.4) is 0 Å². The zero-order valence-electron chi connectivity index (χ0n) is 13.8.